The quantitative estimate of drug-likeness (QED) is 0.654. The van der Waals surface area contributed by atoms with Crippen molar-refractivity contribution in [3.8, 4) is 0 Å². The molecule has 126 valence electrons. The van der Waals surface area contributed by atoms with Crippen molar-refractivity contribution in [1.29, 1.82) is 0 Å². The highest BCUT2D eigenvalue weighted by atomic mass is 16.4. The van der Waals surface area contributed by atoms with Crippen LogP contribution < -0.4 is 5.46 Å². The molecule has 0 heterocycles. The summed E-state index contributed by atoms with van der Waals surface area (Å²) in [5, 5.41) is 19.3. The predicted molar refractivity (Wildman–Crippen MR) is 102 cm³/mol. The van der Waals surface area contributed by atoms with Crippen molar-refractivity contribution in [2.45, 2.75) is 19.6 Å². The summed E-state index contributed by atoms with van der Waals surface area (Å²) in [6, 6.07) is 28.2. The van der Waals surface area contributed by atoms with Gasteiger partial charge in [-0.3, -0.25) is 4.90 Å². The average molecular weight is 331 g/mol. The van der Waals surface area contributed by atoms with Crippen molar-refractivity contribution < 1.29 is 10.0 Å². The standard InChI is InChI=1S/C21H22BNO2/c24-22(25)21-14-8-7-13-20(21)17-23(15-18-9-3-1-4-10-18)16-19-11-5-2-6-12-19/h1-14,24-25H,15-17H2. The van der Waals surface area contributed by atoms with E-state index in [1.807, 2.05) is 54.6 Å². The first kappa shape index (κ1) is 17.4. The fourth-order valence-electron chi connectivity index (χ4n) is 3.02. The molecule has 0 aromatic heterocycles. The third-order valence-corrected chi connectivity index (χ3v) is 4.23. The Balaban J connectivity index is 1.83. The molecule has 3 aromatic rings. The normalized spacial score (nSPS) is 10.8. The van der Waals surface area contributed by atoms with Gasteiger partial charge in [-0.05, 0) is 22.2 Å². The zero-order chi connectivity index (χ0) is 17.5. The summed E-state index contributed by atoms with van der Waals surface area (Å²) in [6.45, 7) is 2.24. The minimum atomic E-state index is -1.45. The molecule has 0 saturated heterocycles. The van der Waals surface area contributed by atoms with Gasteiger partial charge in [-0.1, -0.05) is 84.9 Å². The van der Waals surface area contributed by atoms with Crippen LogP contribution >= 0.6 is 0 Å². The molecule has 0 amide bonds. The molecule has 4 heteroatoms. The van der Waals surface area contributed by atoms with Crippen LogP contribution in [-0.2, 0) is 19.6 Å². The predicted octanol–water partition coefficient (Wildman–Crippen LogP) is 2.57. The van der Waals surface area contributed by atoms with Crippen LogP contribution in [-0.4, -0.2) is 22.1 Å². The zero-order valence-electron chi connectivity index (χ0n) is 14.1. The monoisotopic (exact) mass is 331 g/mol. The molecule has 3 nitrogen and oxygen atoms in total. The fourth-order valence-corrected chi connectivity index (χ4v) is 3.02. The lowest BCUT2D eigenvalue weighted by Crippen LogP contribution is -2.35. The molecular weight excluding hydrogens is 309 g/mol. The molecular formula is C21H22BNO2. The highest BCUT2D eigenvalue weighted by molar-refractivity contribution is 6.59. The Bertz CT molecular complexity index is 737. The number of hydrogen-bond donors (Lipinski definition) is 2. The molecule has 0 aliphatic rings. The van der Waals surface area contributed by atoms with Crippen LogP contribution in [0.4, 0.5) is 0 Å². The maximum Gasteiger partial charge on any atom is 0.488 e. The van der Waals surface area contributed by atoms with Crippen LogP contribution in [0.2, 0.25) is 0 Å². The second-order valence-corrected chi connectivity index (χ2v) is 6.19. The van der Waals surface area contributed by atoms with Gasteiger partial charge in [0.05, 0.1) is 0 Å². The van der Waals surface area contributed by atoms with Gasteiger partial charge < -0.3 is 10.0 Å². The van der Waals surface area contributed by atoms with Crippen molar-refractivity contribution in [2.24, 2.45) is 0 Å². The third-order valence-electron chi connectivity index (χ3n) is 4.23. The molecule has 3 aromatic carbocycles. The topological polar surface area (TPSA) is 43.7 Å². The smallest absolute Gasteiger partial charge is 0.423 e. The minimum Gasteiger partial charge on any atom is -0.423 e. The Morgan fingerprint density at radius 1 is 0.600 bits per heavy atom. The summed E-state index contributed by atoms with van der Waals surface area (Å²) in [7, 11) is -1.45. The van der Waals surface area contributed by atoms with Crippen molar-refractivity contribution in [3.63, 3.8) is 0 Å². The maximum atomic E-state index is 9.63. The highest BCUT2D eigenvalue weighted by Crippen LogP contribution is 2.13. The minimum absolute atomic E-state index is 0.564. The highest BCUT2D eigenvalue weighted by Gasteiger charge is 2.17. The number of rotatable bonds is 7. The first-order chi connectivity index (χ1) is 12.2. The first-order valence-electron chi connectivity index (χ1n) is 8.46. The van der Waals surface area contributed by atoms with Gasteiger partial charge in [0.15, 0.2) is 0 Å². The first-order valence-corrected chi connectivity index (χ1v) is 8.46. The third kappa shape index (κ3) is 5.04. The lowest BCUT2D eigenvalue weighted by atomic mass is 9.77. The average Bonchev–Trinajstić information content (AvgIpc) is 2.63. The van der Waals surface area contributed by atoms with Gasteiger partial charge in [-0.15, -0.1) is 0 Å². The van der Waals surface area contributed by atoms with Crippen LogP contribution in [0.25, 0.3) is 0 Å². The van der Waals surface area contributed by atoms with Crippen LogP contribution in [0.15, 0.2) is 84.9 Å². The second kappa shape index (κ2) is 8.63. The maximum absolute atomic E-state index is 9.63. The summed E-state index contributed by atoms with van der Waals surface area (Å²) >= 11 is 0. The second-order valence-electron chi connectivity index (χ2n) is 6.19. The number of hydrogen-bond acceptors (Lipinski definition) is 3. The Labute approximate surface area is 149 Å². The molecule has 0 aliphatic carbocycles. The molecule has 0 saturated carbocycles. The van der Waals surface area contributed by atoms with E-state index in [1.54, 1.807) is 6.07 Å². The van der Waals surface area contributed by atoms with Crippen LogP contribution in [0.3, 0.4) is 0 Å². The van der Waals surface area contributed by atoms with E-state index in [9.17, 15) is 10.0 Å². The molecule has 3 rings (SSSR count). The summed E-state index contributed by atoms with van der Waals surface area (Å²) in [5.41, 5.74) is 3.97. The van der Waals surface area contributed by atoms with E-state index in [1.165, 1.54) is 11.1 Å². The summed E-state index contributed by atoms with van der Waals surface area (Å²) in [4.78, 5) is 2.31. The molecule has 25 heavy (non-hydrogen) atoms. The van der Waals surface area contributed by atoms with Gasteiger partial charge in [0.2, 0.25) is 0 Å². The Hall–Kier alpha value is -2.40. The molecule has 0 unspecified atom stereocenters. The van der Waals surface area contributed by atoms with E-state index < -0.39 is 7.12 Å². The fraction of sp³-hybridized carbons (Fsp3) is 0.143. The lowest BCUT2D eigenvalue weighted by Gasteiger charge is -2.24. The molecule has 0 atom stereocenters. The van der Waals surface area contributed by atoms with Crippen LogP contribution in [0.1, 0.15) is 16.7 Å². The molecule has 0 fully saturated rings. The van der Waals surface area contributed by atoms with E-state index in [0.717, 1.165) is 18.7 Å². The molecule has 0 radical (unpaired) electrons. The molecule has 0 aliphatic heterocycles. The van der Waals surface area contributed by atoms with E-state index in [4.69, 9.17) is 0 Å². The van der Waals surface area contributed by atoms with E-state index in [-0.39, 0.29) is 0 Å². The van der Waals surface area contributed by atoms with E-state index in [2.05, 4.69) is 29.2 Å². The summed E-state index contributed by atoms with van der Waals surface area (Å²) < 4.78 is 0. The van der Waals surface area contributed by atoms with Gasteiger partial charge >= 0.3 is 7.12 Å². The van der Waals surface area contributed by atoms with Gasteiger partial charge in [0.25, 0.3) is 0 Å². The largest absolute Gasteiger partial charge is 0.488 e. The molecule has 0 bridgehead atoms. The van der Waals surface area contributed by atoms with Crippen molar-refractivity contribution in [2.75, 3.05) is 0 Å². The van der Waals surface area contributed by atoms with Gasteiger partial charge in [-0.25, -0.2) is 0 Å². The van der Waals surface area contributed by atoms with Crippen molar-refractivity contribution in [1.82, 2.24) is 4.90 Å². The Morgan fingerprint density at radius 3 is 1.60 bits per heavy atom. The van der Waals surface area contributed by atoms with Gasteiger partial charge in [0.1, 0.15) is 0 Å². The van der Waals surface area contributed by atoms with Gasteiger partial charge in [-0.2, -0.15) is 0 Å². The number of benzene rings is 3. The SMILES string of the molecule is OB(O)c1ccccc1CN(Cc1ccccc1)Cc1ccccc1. The zero-order valence-corrected chi connectivity index (χ0v) is 14.1. The summed E-state index contributed by atoms with van der Waals surface area (Å²) in [6.07, 6.45) is 0. The number of nitrogens with zero attached hydrogens (tertiary/aromatic N) is 1. The Kier molecular flexibility index (Phi) is 6.02. The van der Waals surface area contributed by atoms with Crippen LogP contribution in [0.5, 0.6) is 0 Å². The van der Waals surface area contributed by atoms with Crippen LogP contribution in [0, 0.1) is 0 Å². The van der Waals surface area contributed by atoms with E-state index in [0.29, 0.717) is 12.0 Å². The molecule has 0 spiro atoms. The summed E-state index contributed by atoms with van der Waals surface area (Å²) in [5.74, 6) is 0. The van der Waals surface area contributed by atoms with Crippen molar-refractivity contribution >= 4 is 12.6 Å². The van der Waals surface area contributed by atoms with Gasteiger partial charge in [0, 0.05) is 19.6 Å². The lowest BCUT2D eigenvalue weighted by molar-refractivity contribution is 0.248. The van der Waals surface area contributed by atoms with E-state index >= 15 is 0 Å². The molecule has 2 N–H and O–H groups in total. The Morgan fingerprint density at radius 2 is 1.08 bits per heavy atom. The van der Waals surface area contributed by atoms with Crippen molar-refractivity contribution in [3.05, 3.63) is 102 Å².